The standard InChI is InChI=1S/C19H26N8O/c1-2-3-10-28-19-24-17(20)18-23-13-15(27(18)25-19)11-14-4-5-16(22-12-14)26-8-6-21-7-9-26/h4-5,12-13,21H,2-3,6-11H2,1H3,(H2,20,24,25). The highest BCUT2D eigenvalue weighted by Gasteiger charge is 2.14. The van der Waals surface area contributed by atoms with Gasteiger partial charge >= 0.3 is 6.01 Å². The number of fused-ring (bicyclic) bond motifs is 1. The third-order valence-electron chi connectivity index (χ3n) is 4.80. The van der Waals surface area contributed by atoms with Crippen molar-refractivity contribution in [1.82, 2.24) is 29.9 Å². The number of pyridine rings is 1. The number of hydrogen-bond acceptors (Lipinski definition) is 8. The average Bonchev–Trinajstić information content (AvgIpc) is 3.13. The van der Waals surface area contributed by atoms with Crippen molar-refractivity contribution in [3.63, 3.8) is 0 Å². The Kier molecular flexibility index (Phi) is 5.52. The highest BCUT2D eigenvalue weighted by Crippen LogP contribution is 2.18. The van der Waals surface area contributed by atoms with Crippen LogP contribution in [0, 0.1) is 0 Å². The van der Waals surface area contributed by atoms with Crippen LogP contribution >= 0.6 is 0 Å². The van der Waals surface area contributed by atoms with Gasteiger partial charge in [0.05, 0.1) is 18.5 Å². The first-order chi connectivity index (χ1) is 13.7. The Hall–Kier alpha value is -2.94. The van der Waals surface area contributed by atoms with Crippen molar-refractivity contribution in [2.24, 2.45) is 0 Å². The minimum Gasteiger partial charge on any atom is -0.462 e. The molecule has 3 aromatic heterocycles. The summed E-state index contributed by atoms with van der Waals surface area (Å²) in [6.07, 6.45) is 6.34. The molecule has 0 aromatic carbocycles. The number of aromatic nitrogens is 5. The van der Waals surface area contributed by atoms with Crippen LogP contribution in [0.5, 0.6) is 6.01 Å². The van der Waals surface area contributed by atoms with Crippen molar-refractivity contribution in [3.05, 3.63) is 35.8 Å². The molecule has 0 amide bonds. The number of unbranched alkanes of at least 4 members (excludes halogenated alkanes) is 1. The largest absolute Gasteiger partial charge is 0.462 e. The van der Waals surface area contributed by atoms with E-state index in [1.807, 2.05) is 6.20 Å². The second-order valence-corrected chi connectivity index (χ2v) is 6.91. The summed E-state index contributed by atoms with van der Waals surface area (Å²) in [6, 6.07) is 4.46. The zero-order valence-corrected chi connectivity index (χ0v) is 16.1. The maximum absolute atomic E-state index is 6.03. The van der Waals surface area contributed by atoms with E-state index in [-0.39, 0.29) is 6.01 Å². The van der Waals surface area contributed by atoms with Crippen molar-refractivity contribution in [1.29, 1.82) is 0 Å². The van der Waals surface area contributed by atoms with Gasteiger partial charge in [-0.2, -0.15) is 4.98 Å². The molecule has 9 heteroatoms. The number of ether oxygens (including phenoxy) is 1. The Bertz CT molecular complexity index is 918. The summed E-state index contributed by atoms with van der Waals surface area (Å²) in [7, 11) is 0. The van der Waals surface area contributed by atoms with E-state index in [2.05, 4.69) is 49.3 Å². The summed E-state index contributed by atoms with van der Waals surface area (Å²) in [4.78, 5) is 15.5. The molecule has 0 unspecified atom stereocenters. The Balaban J connectivity index is 1.52. The van der Waals surface area contributed by atoms with Gasteiger partial charge in [0.15, 0.2) is 11.5 Å². The molecule has 4 heterocycles. The lowest BCUT2D eigenvalue weighted by Crippen LogP contribution is -2.43. The lowest BCUT2D eigenvalue weighted by molar-refractivity contribution is 0.280. The van der Waals surface area contributed by atoms with E-state index in [9.17, 15) is 0 Å². The number of imidazole rings is 1. The topological polar surface area (TPSA) is 106 Å². The van der Waals surface area contributed by atoms with Crippen LogP contribution in [0.15, 0.2) is 24.5 Å². The van der Waals surface area contributed by atoms with Crippen LogP contribution in [0.3, 0.4) is 0 Å². The number of nitrogens with two attached hydrogens (primary N) is 1. The van der Waals surface area contributed by atoms with Crippen LogP contribution in [0.2, 0.25) is 0 Å². The maximum Gasteiger partial charge on any atom is 0.336 e. The maximum atomic E-state index is 6.03. The Morgan fingerprint density at radius 2 is 2.04 bits per heavy atom. The number of anilines is 2. The Labute approximate surface area is 163 Å². The second-order valence-electron chi connectivity index (χ2n) is 6.91. The van der Waals surface area contributed by atoms with Gasteiger partial charge < -0.3 is 20.7 Å². The fourth-order valence-electron chi connectivity index (χ4n) is 3.23. The first-order valence-corrected chi connectivity index (χ1v) is 9.78. The normalized spacial score (nSPS) is 14.5. The molecule has 0 radical (unpaired) electrons. The smallest absolute Gasteiger partial charge is 0.336 e. The van der Waals surface area contributed by atoms with E-state index in [0.717, 1.165) is 56.1 Å². The average molecular weight is 382 g/mol. The molecular weight excluding hydrogens is 356 g/mol. The summed E-state index contributed by atoms with van der Waals surface area (Å²) in [5.41, 5.74) is 8.58. The van der Waals surface area contributed by atoms with Gasteiger partial charge in [0.2, 0.25) is 0 Å². The Morgan fingerprint density at radius 1 is 1.18 bits per heavy atom. The van der Waals surface area contributed by atoms with Crippen molar-refractivity contribution >= 4 is 17.3 Å². The summed E-state index contributed by atoms with van der Waals surface area (Å²) in [6.45, 7) is 6.64. The summed E-state index contributed by atoms with van der Waals surface area (Å²) in [5.74, 6) is 1.33. The first-order valence-electron chi connectivity index (χ1n) is 9.78. The molecule has 0 spiro atoms. The van der Waals surface area contributed by atoms with Crippen LogP contribution in [0.4, 0.5) is 11.6 Å². The number of nitrogens with one attached hydrogen (secondary N) is 1. The molecule has 4 rings (SSSR count). The van der Waals surface area contributed by atoms with Gasteiger partial charge in [0, 0.05) is 38.8 Å². The third-order valence-corrected chi connectivity index (χ3v) is 4.80. The molecule has 3 aromatic rings. The molecule has 1 fully saturated rings. The minimum atomic E-state index is 0.282. The molecule has 0 aliphatic carbocycles. The summed E-state index contributed by atoms with van der Waals surface area (Å²) >= 11 is 0. The fourth-order valence-corrected chi connectivity index (χ4v) is 3.23. The fraction of sp³-hybridized carbons (Fsp3) is 0.474. The molecule has 0 atom stereocenters. The molecule has 0 saturated carbocycles. The highest BCUT2D eigenvalue weighted by atomic mass is 16.5. The highest BCUT2D eigenvalue weighted by molar-refractivity contribution is 5.59. The van der Waals surface area contributed by atoms with E-state index < -0.39 is 0 Å². The lowest BCUT2D eigenvalue weighted by atomic mass is 10.1. The van der Waals surface area contributed by atoms with Crippen molar-refractivity contribution < 1.29 is 4.74 Å². The molecule has 1 aliphatic heterocycles. The quantitative estimate of drug-likeness (QED) is 0.589. The van der Waals surface area contributed by atoms with Crippen LogP contribution in [-0.2, 0) is 6.42 Å². The molecule has 9 nitrogen and oxygen atoms in total. The predicted molar refractivity (Wildman–Crippen MR) is 108 cm³/mol. The van der Waals surface area contributed by atoms with E-state index in [1.165, 1.54) is 0 Å². The number of hydrogen-bond donors (Lipinski definition) is 2. The lowest BCUT2D eigenvalue weighted by Gasteiger charge is -2.28. The second kappa shape index (κ2) is 8.39. The molecule has 0 bridgehead atoms. The van der Waals surface area contributed by atoms with Gasteiger partial charge in [-0.15, -0.1) is 5.10 Å². The zero-order chi connectivity index (χ0) is 19.3. The van der Waals surface area contributed by atoms with Crippen LogP contribution in [0.25, 0.3) is 5.65 Å². The number of nitrogen functional groups attached to an aromatic ring is 1. The molecule has 1 saturated heterocycles. The molecule has 148 valence electrons. The SMILES string of the molecule is CCCCOc1nc(N)c2ncc(Cc3ccc(N4CCNCC4)nc3)n2n1. The van der Waals surface area contributed by atoms with Gasteiger partial charge in [0.25, 0.3) is 0 Å². The van der Waals surface area contributed by atoms with Gasteiger partial charge in [-0.25, -0.2) is 14.5 Å². The van der Waals surface area contributed by atoms with Crippen LogP contribution < -0.4 is 20.7 Å². The van der Waals surface area contributed by atoms with Crippen LogP contribution in [-0.4, -0.2) is 57.4 Å². The number of nitrogens with zero attached hydrogens (tertiary/aromatic N) is 6. The molecule has 3 N–H and O–H groups in total. The minimum absolute atomic E-state index is 0.282. The van der Waals surface area contributed by atoms with Crippen molar-refractivity contribution in [2.45, 2.75) is 26.2 Å². The first kappa shape index (κ1) is 18.4. The molecule has 28 heavy (non-hydrogen) atoms. The molecular formula is C19H26N8O. The summed E-state index contributed by atoms with van der Waals surface area (Å²) < 4.78 is 7.34. The Morgan fingerprint density at radius 3 is 2.79 bits per heavy atom. The summed E-state index contributed by atoms with van der Waals surface area (Å²) in [5, 5.41) is 7.82. The number of rotatable bonds is 7. The van der Waals surface area contributed by atoms with Crippen molar-refractivity contribution in [2.75, 3.05) is 43.4 Å². The van der Waals surface area contributed by atoms with E-state index in [0.29, 0.717) is 24.5 Å². The van der Waals surface area contributed by atoms with Gasteiger partial charge in [-0.1, -0.05) is 19.4 Å². The predicted octanol–water partition coefficient (Wildman–Crippen LogP) is 1.28. The third kappa shape index (κ3) is 3.99. The van der Waals surface area contributed by atoms with E-state index >= 15 is 0 Å². The van der Waals surface area contributed by atoms with Gasteiger partial charge in [-0.3, -0.25) is 0 Å². The van der Waals surface area contributed by atoms with Gasteiger partial charge in [-0.05, 0) is 18.1 Å². The monoisotopic (exact) mass is 382 g/mol. The molecule has 1 aliphatic rings. The van der Waals surface area contributed by atoms with E-state index in [4.69, 9.17) is 10.5 Å². The zero-order valence-electron chi connectivity index (χ0n) is 16.1. The number of piperazine rings is 1. The van der Waals surface area contributed by atoms with Gasteiger partial charge in [0.1, 0.15) is 5.82 Å². The van der Waals surface area contributed by atoms with Crippen molar-refractivity contribution in [3.8, 4) is 6.01 Å². The van der Waals surface area contributed by atoms with E-state index in [1.54, 1.807) is 10.7 Å². The van der Waals surface area contributed by atoms with Crippen LogP contribution in [0.1, 0.15) is 31.0 Å².